The molecule has 0 aliphatic carbocycles. The predicted molar refractivity (Wildman–Crippen MR) is 104 cm³/mol. The summed E-state index contributed by atoms with van der Waals surface area (Å²) in [7, 11) is 0. The second kappa shape index (κ2) is 8.03. The molecular weight excluding hydrogens is 342 g/mol. The first-order chi connectivity index (χ1) is 13.0. The van der Waals surface area contributed by atoms with E-state index in [-0.39, 0.29) is 11.8 Å². The van der Waals surface area contributed by atoms with Crippen molar-refractivity contribution >= 4 is 23.9 Å². The molecule has 0 radical (unpaired) electrons. The summed E-state index contributed by atoms with van der Waals surface area (Å²) in [6.45, 7) is 6.01. The molecule has 1 fully saturated rings. The summed E-state index contributed by atoms with van der Waals surface area (Å²) in [5.74, 6) is -0.373. The summed E-state index contributed by atoms with van der Waals surface area (Å²) >= 11 is 0. The lowest BCUT2D eigenvalue weighted by Gasteiger charge is -2.32. The zero-order chi connectivity index (χ0) is 19.4. The van der Waals surface area contributed by atoms with E-state index in [9.17, 15) is 14.4 Å². The molecule has 1 aliphatic rings. The smallest absolute Gasteiger partial charge is 0.255 e. The van der Waals surface area contributed by atoms with Gasteiger partial charge < -0.3 is 15.1 Å². The van der Waals surface area contributed by atoms with Crippen LogP contribution in [0.2, 0.25) is 0 Å². The minimum absolute atomic E-state index is 0.124. The van der Waals surface area contributed by atoms with Gasteiger partial charge in [0.05, 0.1) is 0 Å². The number of carbonyl (C=O) groups excluding carboxylic acids is 3. The van der Waals surface area contributed by atoms with Crippen LogP contribution in [0.3, 0.4) is 0 Å². The van der Waals surface area contributed by atoms with Crippen LogP contribution in [0.25, 0.3) is 0 Å². The van der Waals surface area contributed by atoms with Gasteiger partial charge in [-0.2, -0.15) is 0 Å². The van der Waals surface area contributed by atoms with Gasteiger partial charge in [-0.25, -0.2) is 0 Å². The van der Waals surface area contributed by atoms with Gasteiger partial charge in [0.2, 0.25) is 6.41 Å². The highest BCUT2D eigenvalue weighted by Gasteiger charge is 2.22. The molecule has 1 saturated heterocycles. The van der Waals surface area contributed by atoms with Crippen LogP contribution in [0.15, 0.2) is 42.5 Å². The Labute approximate surface area is 158 Å². The lowest BCUT2D eigenvalue weighted by atomic mass is 10.1. The molecule has 0 aromatic heterocycles. The van der Waals surface area contributed by atoms with Crippen molar-refractivity contribution in [3.05, 3.63) is 64.7 Å². The van der Waals surface area contributed by atoms with Gasteiger partial charge >= 0.3 is 0 Å². The molecule has 1 heterocycles. The van der Waals surface area contributed by atoms with Crippen LogP contribution in [-0.2, 0) is 4.79 Å². The zero-order valence-electron chi connectivity index (χ0n) is 15.6. The third-order valence-electron chi connectivity index (χ3n) is 4.60. The molecule has 6 nitrogen and oxygen atoms in total. The standard InChI is InChI=1S/C21H23N3O3/c1-15-10-16(2)12-19(11-15)22-20(26)17-4-3-5-18(13-17)21(27)24-8-6-23(14-25)7-9-24/h3-5,10-14H,6-9H2,1-2H3,(H,22,26). The van der Waals surface area contributed by atoms with Crippen molar-refractivity contribution in [3.63, 3.8) is 0 Å². The fourth-order valence-electron chi connectivity index (χ4n) is 3.26. The number of anilines is 1. The highest BCUT2D eigenvalue weighted by molar-refractivity contribution is 6.06. The van der Waals surface area contributed by atoms with Crippen molar-refractivity contribution in [1.82, 2.24) is 9.80 Å². The second-order valence-electron chi connectivity index (χ2n) is 6.84. The summed E-state index contributed by atoms with van der Waals surface area (Å²) in [6, 6.07) is 12.6. The van der Waals surface area contributed by atoms with Crippen LogP contribution in [0, 0.1) is 13.8 Å². The molecule has 2 aromatic carbocycles. The number of hydrogen-bond donors (Lipinski definition) is 1. The molecule has 140 valence electrons. The molecule has 3 rings (SSSR count). The maximum Gasteiger partial charge on any atom is 0.255 e. The predicted octanol–water partition coefficient (Wildman–Crippen LogP) is 2.47. The Morgan fingerprint density at radius 3 is 2.19 bits per heavy atom. The van der Waals surface area contributed by atoms with Gasteiger partial charge in [0.25, 0.3) is 11.8 Å². The van der Waals surface area contributed by atoms with Crippen molar-refractivity contribution in [2.75, 3.05) is 31.5 Å². The molecule has 6 heteroatoms. The molecule has 3 amide bonds. The van der Waals surface area contributed by atoms with Crippen molar-refractivity contribution in [2.24, 2.45) is 0 Å². The summed E-state index contributed by atoms with van der Waals surface area (Å²) in [5.41, 5.74) is 3.79. The second-order valence-corrected chi connectivity index (χ2v) is 6.84. The molecule has 1 N–H and O–H groups in total. The normalized spacial score (nSPS) is 14.0. The van der Waals surface area contributed by atoms with Crippen molar-refractivity contribution in [3.8, 4) is 0 Å². The monoisotopic (exact) mass is 365 g/mol. The summed E-state index contributed by atoms with van der Waals surface area (Å²) in [4.78, 5) is 39.4. The van der Waals surface area contributed by atoms with Gasteiger partial charge in [0.1, 0.15) is 0 Å². The first-order valence-electron chi connectivity index (χ1n) is 8.94. The average Bonchev–Trinajstić information content (AvgIpc) is 2.67. The van der Waals surface area contributed by atoms with Gasteiger partial charge in [-0.1, -0.05) is 12.1 Å². The summed E-state index contributed by atoms with van der Waals surface area (Å²) in [5, 5.41) is 2.89. The van der Waals surface area contributed by atoms with Gasteiger partial charge in [0.15, 0.2) is 0 Å². The van der Waals surface area contributed by atoms with E-state index in [1.54, 1.807) is 34.1 Å². The summed E-state index contributed by atoms with van der Waals surface area (Å²) < 4.78 is 0. The Morgan fingerprint density at radius 2 is 1.56 bits per heavy atom. The van der Waals surface area contributed by atoms with E-state index >= 15 is 0 Å². The zero-order valence-corrected chi connectivity index (χ0v) is 15.6. The Morgan fingerprint density at radius 1 is 0.926 bits per heavy atom. The van der Waals surface area contributed by atoms with Crippen molar-refractivity contribution < 1.29 is 14.4 Å². The van der Waals surface area contributed by atoms with Crippen LogP contribution >= 0.6 is 0 Å². The van der Waals surface area contributed by atoms with Gasteiger partial charge in [-0.15, -0.1) is 0 Å². The molecule has 0 unspecified atom stereocenters. The molecule has 0 atom stereocenters. The highest BCUT2D eigenvalue weighted by atomic mass is 16.2. The topological polar surface area (TPSA) is 69.7 Å². The van der Waals surface area contributed by atoms with Gasteiger partial charge in [0, 0.05) is 43.0 Å². The van der Waals surface area contributed by atoms with Crippen LogP contribution < -0.4 is 5.32 Å². The van der Waals surface area contributed by atoms with Crippen LogP contribution in [-0.4, -0.2) is 54.2 Å². The maximum absolute atomic E-state index is 12.7. The number of benzene rings is 2. The van der Waals surface area contributed by atoms with Gasteiger partial charge in [-0.05, 0) is 55.3 Å². The van der Waals surface area contributed by atoms with Crippen LogP contribution in [0.5, 0.6) is 0 Å². The number of nitrogens with zero attached hydrogens (tertiary/aromatic N) is 2. The molecule has 27 heavy (non-hydrogen) atoms. The van der Waals surface area contributed by atoms with Crippen LogP contribution in [0.4, 0.5) is 5.69 Å². The third-order valence-corrected chi connectivity index (χ3v) is 4.60. The van der Waals surface area contributed by atoms with E-state index in [1.807, 2.05) is 32.0 Å². The molecular formula is C21H23N3O3. The van der Waals surface area contributed by atoms with E-state index in [4.69, 9.17) is 0 Å². The van der Waals surface area contributed by atoms with E-state index in [1.165, 1.54) is 0 Å². The third kappa shape index (κ3) is 4.53. The first-order valence-corrected chi connectivity index (χ1v) is 8.94. The quantitative estimate of drug-likeness (QED) is 0.846. The molecule has 0 spiro atoms. The van der Waals surface area contributed by atoms with Crippen molar-refractivity contribution in [1.29, 1.82) is 0 Å². The van der Waals surface area contributed by atoms with Crippen LogP contribution in [0.1, 0.15) is 31.8 Å². The summed E-state index contributed by atoms with van der Waals surface area (Å²) in [6.07, 6.45) is 0.805. The Bertz CT molecular complexity index is 850. The number of hydrogen-bond acceptors (Lipinski definition) is 3. The largest absolute Gasteiger partial charge is 0.342 e. The van der Waals surface area contributed by atoms with Gasteiger partial charge in [-0.3, -0.25) is 14.4 Å². The Hall–Kier alpha value is -3.15. The number of amides is 3. The van der Waals surface area contributed by atoms with Crippen molar-refractivity contribution in [2.45, 2.75) is 13.8 Å². The maximum atomic E-state index is 12.7. The van der Waals surface area contributed by atoms with E-state index in [2.05, 4.69) is 5.32 Å². The number of rotatable bonds is 4. The number of piperazine rings is 1. The van der Waals surface area contributed by atoms with E-state index in [0.29, 0.717) is 37.3 Å². The van der Waals surface area contributed by atoms with E-state index in [0.717, 1.165) is 23.2 Å². The Kier molecular flexibility index (Phi) is 5.54. The fraction of sp³-hybridized carbons (Fsp3) is 0.286. The molecule has 0 bridgehead atoms. The lowest BCUT2D eigenvalue weighted by molar-refractivity contribution is -0.119. The first kappa shape index (κ1) is 18.6. The highest BCUT2D eigenvalue weighted by Crippen LogP contribution is 2.16. The lowest BCUT2D eigenvalue weighted by Crippen LogP contribution is -2.48. The molecule has 0 saturated carbocycles. The number of aryl methyl sites for hydroxylation is 2. The minimum atomic E-state index is -0.250. The fourth-order valence-corrected chi connectivity index (χ4v) is 3.26. The molecule has 2 aromatic rings. The minimum Gasteiger partial charge on any atom is -0.342 e. The molecule has 1 aliphatic heterocycles. The average molecular weight is 365 g/mol. The SMILES string of the molecule is Cc1cc(C)cc(NC(=O)c2cccc(C(=O)N3CCN(C=O)CC3)c2)c1. The van der Waals surface area contributed by atoms with E-state index < -0.39 is 0 Å². The number of carbonyl (C=O) groups is 3. The number of nitrogens with one attached hydrogen (secondary N) is 1. The Balaban J connectivity index is 1.72.